The monoisotopic (exact) mass is 365 g/mol. The minimum atomic E-state index is -4.62. The third kappa shape index (κ3) is 4.23. The van der Waals surface area contributed by atoms with Crippen molar-refractivity contribution in [2.24, 2.45) is 0 Å². The molecular weight excluding hydrogens is 347 g/mol. The van der Waals surface area contributed by atoms with E-state index in [0.717, 1.165) is 18.5 Å². The van der Waals surface area contributed by atoms with Gasteiger partial charge in [-0.1, -0.05) is 0 Å². The number of rotatable bonds is 4. The highest BCUT2D eigenvalue weighted by atomic mass is 32.2. The number of hydrogen-bond donors (Lipinski definition) is 1. The molecule has 6 nitrogen and oxygen atoms in total. The van der Waals surface area contributed by atoms with Crippen LogP contribution in [0, 0.1) is 0 Å². The summed E-state index contributed by atoms with van der Waals surface area (Å²) >= 11 is 0. The van der Waals surface area contributed by atoms with E-state index in [2.05, 4.69) is 10.3 Å². The highest BCUT2D eigenvalue weighted by Gasteiger charge is 2.38. The summed E-state index contributed by atoms with van der Waals surface area (Å²) in [5.41, 5.74) is -1.01. The van der Waals surface area contributed by atoms with Crippen LogP contribution in [0.2, 0.25) is 0 Å². The minimum Gasteiger partial charge on any atom is -0.352 e. The van der Waals surface area contributed by atoms with Crippen LogP contribution in [-0.4, -0.2) is 36.4 Å². The molecule has 0 radical (unpaired) electrons. The van der Waals surface area contributed by atoms with Crippen molar-refractivity contribution < 1.29 is 26.4 Å². The smallest absolute Gasteiger partial charge is 0.352 e. The van der Waals surface area contributed by atoms with Gasteiger partial charge in [0, 0.05) is 31.8 Å². The van der Waals surface area contributed by atoms with Crippen LogP contribution in [0.3, 0.4) is 0 Å². The zero-order valence-corrected chi connectivity index (χ0v) is 14.0. The maximum absolute atomic E-state index is 13.3. The molecular formula is C14H18F3N3O3S. The van der Waals surface area contributed by atoms with E-state index in [1.165, 1.54) is 11.2 Å². The van der Waals surface area contributed by atoms with Crippen LogP contribution in [0.25, 0.3) is 0 Å². The summed E-state index contributed by atoms with van der Waals surface area (Å²) in [6.07, 6.45) is -1.56. The van der Waals surface area contributed by atoms with E-state index < -0.39 is 33.7 Å². The first kappa shape index (κ1) is 18.7. The Kier molecular flexibility index (Phi) is 5.19. The summed E-state index contributed by atoms with van der Waals surface area (Å²) in [5.74, 6) is -0.453. The maximum Gasteiger partial charge on any atom is 0.416 e. The van der Waals surface area contributed by atoms with Gasteiger partial charge in [0.25, 0.3) is 0 Å². The molecule has 1 aliphatic rings. The number of sulfonamides is 1. The molecule has 0 spiro atoms. The van der Waals surface area contributed by atoms with Crippen LogP contribution in [0.1, 0.15) is 42.6 Å². The second kappa shape index (κ2) is 6.67. The van der Waals surface area contributed by atoms with Crippen molar-refractivity contribution in [2.45, 2.75) is 38.5 Å². The van der Waals surface area contributed by atoms with Crippen LogP contribution in [0.5, 0.6) is 0 Å². The first-order valence-electron chi connectivity index (χ1n) is 7.27. The predicted octanol–water partition coefficient (Wildman–Crippen LogP) is 1.83. The number of halogens is 3. The lowest BCUT2D eigenvalue weighted by Gasteiger charge is -2.23. The van der Waals surface area contributed by atoms with Gasteiger partial charge in [0.05, 0.1) is 23.6 Å². The summed E-state index contributed by atoms with van der Waals surface area (Å²) in [6.45, 7) is 1.18. The van der Waals surface area contributed by atoms with E-state index in [1.807, 2.05) is 0 Å². The molecule has 0 saturated carbocycles. The lowest BCUT2D eigenvalue weighted by atomic mass is 10.0. The van der Waals surface area contributed by atoms with Gasteiger partial charge in [0.15, 0.2) is 0 Å². The Morgan fingerprint density at radius 1 is 1.46 bits per heavy atom. The van der Waals surface area contributed by atoms with Gasteiger partial charge < -0.3 is 5.32 Å². The Bertz CT molecular complexity index is 735. The topological polar surface area (TPSA) is 79.4 Å². The van der Waals surface area contributed by atoms with Crippen molar-refractivity contribution in [1.82, 2.24) is 14.6 Å². The first-order valence-corrected chi connectivity index (χ1v) is 9.12. The highest BCUT2D eigenvalue weighted by Crippen LogP contribution is 2.37. The molecule has 24 heavy (non-hydrogen) atoms. The molecule has 1 aromatic heterocycles. The number of nitrogens with one attached hydrogen (secondary N) is 1. The number of hydrogen-bond acceptors (Lipinski definition) is 4. The fraction of sp³-hybridized carbons (Fsp3) is 0.571. The summed E-state index contributed by atoms with van der Waals surface area (Å²) < 4.78 is 64.6. The van der Waals surface area contributed by atoms with Crippen molar-refractivity contribution >= 4 is 15.9 Å². The molecule has 1 aliphatic heterocycles. The van der Waals surface area contributed by atoms with Crippen molar-refractivity contribution in [3.63, 3.8) is 0 Å². The normalized spacial score (nSPS) is 19.5. The Balaban J connectivity index is 2.41. The van der Waals surface area contributed by atoms with Gasteiger partial charge in [-0.05, 0) is 18.9 Å². The molecule has 1 amide bonds. The van der Waals surface area contributed by atoms with Crippen LogP contribution in [-0.2, 0) is 27.5 Å². The van der Waals surface area contributed by atoms with Gasteiger partial charge in [0.2, 0.25) is 15.9 Å². The molecule has 10 heteroatoms. The second-order valence-corrected chi connectivity index (χ2v) is 7.64. The van der Waals surface area contributed by atoms with Gasteiger partial charge in [0.1, 0.15) is 0 Å². The van der Waals surface area contributed by atoms with Crippen LogP contribution in [0.4, 0.5) is 13.2 Å². The first-order chi connectivity index (χ1) is 11.0. The molecule has 1 saturated heterocycles. The van der Waals surface area contributed by atoms with E-state index in [4.69, 9.17) is 0 Å². The van der Waals surface area contributed by atoms with E-state index >= 15 is 0 Å². The van der Waals surface area contributed by atoms with E-state index in [9.17, 15) is 26.4 Å². The number of alkyl halides is 3. The Morgan fingerprint density at radius 3 is 2.67 bits per heavy atom. The molecule has 134 valence electrons. The fourth-order valence-corrected chi connectivity index (χ4v) is 3.88. The Labute approximate surface area is 138 Å². The third-order valence-corrected chi connectivity index (χ3v) is 5.10. The van der Waals surface area contributed by atoms with E-state index in [1.54, 1.807) is 0 Å². The molecule has 0 aliphatic carbocycles. The molecule has 2 heterocycles. The summed E-state index contributed by atoms with van der Waals surface area (Å²) in [6, 6.07) is 0.182. The minimum absolute atomic E-state index is 0.0665. The largest absolute Gasteiger partial charge is 0.416 e. The van der Waals surface area contributed by atoms with Gasteiger partial charge in [-0.25, -0.2) is 8.42 Å². The molecule has 2 rings (SSSR count). The number of amides is 1. The van der Waals surface area contributed by atoms with E-state index in [-0.39, 0.29) is 24.3 Å². The lowest BCUT2D eigenvalue weighted by molar-refractivity contribution is -0.138. The Hall–Kier alpha value is -1.68. The molecule has 1 atom stereocenters. The van der Waals surface area contributed by atoms with Gasteiger partial charge in [-0.3, -0.25) is 9.78 Å². The molecule has 1 N–H and O–H groups in total. The predicted molar refractivity (Wildman–Crippen MR) is 80.3 cm³/mol. The zero-order valence-electron chi connectivity index (χ0n) is 13.2. The third-order valence-electron chi connectivity index (χ3n) is 3.81. The van der Waals surface area contributed by atoms with Gasteiger partial charge >= 0.3 is 6.18 Å². The number of aromatic nitrogens is 1. The van der Waals surface area contributed by atoms with Gasteiger partial charge in [-0.15, -0.1) is 0 Å². The average Bonchev–Trinajstić information content (AvgIpc) is 2.93. The Morgan fingerprint density at radius 2 is 2.12 bits per heavy atom. The SMILES string of the molecule is CC(=O)NCc1cnc(C2CCCN2S(C)(=O)=O)cc1C(F)(F)F. The zero-order chi connectivity index (χ0) is 18.1. The molecule has 0 aromatic carbocycles. The highest BCUT2D eigenvalue weighted by molar-refractivity contribution is 7.88. The summed E-state index contributed by atoms with van der Waals surface area (Å²) in [4.78, 5) is 14.9. The van der Waals surface area contributed by atoms with Crippen LogP contribution >= 0.6 is 0 Å². The van der Waals surface area contributed by atoms with E-state index in [0.29, 0.717) is 12.8 Å². The molecule has 1 aromatic rings. The number of carbonyl (C=O) groups excluding carboxylic acids is 1. The van der Waals surface area contributed by atoms with Crippen LogP contribution < -0.4 is 5.32 Å². The second-order valence-electron chi connectivity index (χ2n) is 5.71. The van der Waals surface area contributed by atoms with Crippen molar-refractivity contribution in [3.05, 3.63) is 29.1 Å². The number of nitrogens with zero attached hydrogens (tertiary/aromatic N) is 2. The maximum atomic E-state index is 13.3. The fourth-order valence-electron chi connectivity index (χ4n) is 2.74. The molecule has 1 unspecified atom stereocenters. The van der Waals surface area contributed by atoms with Crippen molar-refractivity contribution in [2.75, 3.05) is 12.8 Å². The summed E-state index contributed by atoms with van der Waals surface area (Å²) in [7, 11) is -3.52. The quantitative estimate of drug-likeness (QED) is 0.883. The van der Waals surface area contributed by atoms with Crippen molar-refractivity contribution in [1.29, 1.82) is 0 Å². The van der Waals surface area contributed by atoms with Crippen LogP contribution in [0.15, 0.2) is 12.3 Å². The van der Waals surface area contributed by atoms with Gasteiger partial charge in [-0.2, -0.15) is 17.5 Å². The number of pyridine rings is 1. The lowest BCUT2D eigenvalue weighted by Crippen LogP contribution is -2.30. The number of carbonyl (C=O) groups is 1. The molecule has 0 bridgehead atoms. The average molecular weight is 365 g/mol. The standard InChI is InChI=1S/C14H18F3N3O3S/c1-9(21)18-7-10-8-19-12(6-11(10)14(15,16)17)13-4-3-5-20(13)24(2,22)23/h6,8,13H,3-5,7H2,1-2H3,(H,18,21). The summed E-state index contributed by atoms with van der Waals surface area (Å²) in [5, 5.41) is 2.31. The molecule has 1 fully saturated rings. The van der Waals surface area contributed by atoms with Crippen molar-refractivity contribution in [3.8, 4) is 0 Å².